The molecule has 1 aromatic heterocycles. The molecule has 0 saturated carbocycles. The molecule has 1 aliphatic rings. The Morgan fingerprint density at radius 1 is 0.703 bits per heavy atom. The lowest BCUT2D eigenvalue weighted by molar-refractivity contribution is 0.271. The van der Waals surface area contributed by atoms with Gasteiger partial charge in [0.1, 0.15) is 5.75 Å². The van der Waals surface area contributed by atoms with E-state index in [2.05, 4.69) is 102 Å². The van der Waals surface area contributed by atoms with Gasteiger partial charge in [-0.15, -0.1) is 0 Å². The van der Waals surface area contributed by atoms with Gasteiger partial charge in [-0.2, -0.15) is 0 Å². The molecule has 2 heterocycles. The summed E-state index contributed by atoms with van der Waals surface area (Å²) in [6.45, 7) is 1.80. The predicted molar refractivity (Wildman–Crippen MR) is 154 cm³/mol. The van der Waals surface area contributed by atoms with Gasteiger partial charge in [0.05, 0.1) is 12.1 Å². The second kappa shape index (κ2) is 11.0. The van der Waals surface area contributed by atoms with Crippen molar-refractivity contribution in [2.75, 3.05) is 13.2 Å². The van der Waals surface area contributed by atoms with Crippen molar-refractivity contribution in [3.05, 3.63) is 109 Å². The zero-order valence-corrected chi connectivity index (χ0v) is 21.1. The van der Waals surface area contributed by atoms with Gasteiger partial charge >= 0.3 is 0 Å². The molecule has 0 spiro atoms. The number of hydrogen-bond donors (Lipinski definition) is 1. The van der Waals surface area contributed by atoms with E-state index in [1.807, 2.05) is 12.3 Å². The van der Waals surface area contributed by atoms with Gasteiger partial charge in [0.15, 0.2) is 0 Å². The first-order valence-corrected chi connectivity index (χ1v) is 13.4. The Morgan fingerprint density at radius 2 is 1.35 bits per heavy atom. The standard InChI is InChI=1S/C34H32N2O/c1-3-9-25(10-4-1)26-14-16-27(17-15-26)29-18-19-33-31(23-29)34(37-22-20-30-13-7-8-21-35-30)32(24-36-33)28-11-5-2-6-12-28/h1-6,9-12,14-19,23-24,30,35H,7-8,13,20-22H2. The van der Waals surface area contributed by atoms with Gasteiger partial charge in [-0.3, -0.25) is 4.98 Å². The maximum absolute atomic E-state index is 6.60. The quantitative estimate of drug-likeness (QED) is 0.253. The van der Waals surface area contributed by atoms with Crippen LogP contribution in [0.4, 0.5) is 0 Å². The summed E-state index contributed by atoms with van der Waals surface area (Å²) >= 11 is 0. The van der Waals surface area contributed by atoms with E-state index in [-0.39, 0.29) is 0 Å². The van der Waals surface area contributed by atoms with Gasteiger partial charge in [0.2, 0.25) is 0 Å². The second-order valence-corrected chi connectivity index (χ2v) is 9.83. The van der Waals surface area contributed by atoms with E-state index >= 15 is 0 Å². The Kier molecular flexibility index (Phi) is 6.96. The Hall–Kier alpha value is -3.95. The fourth-order valence-electron chi connectivity index (χ4n) is 5.29. The zero-order valence-electron chi connectivity index (χ0n) is 21.1. The minimum atomic E-state index is 0.542. The number of fused-ring (bicyclic) bond motifs is 1. The molecule has 1 atom stereocenters. The second-order valence-electron chi connectivity index (χ2n) is 9.83. The van der Waals surface area contributed by atoms with E-state index < -0.39 is 0 Å². The molecule has 37 heavy (non-hydrogen) atoms. The smallest absolute Gasteiger partial charge is 0.138 e. The molecule has 0 aliphatic carbocycles. The van der Waals surface area contributed by atoms with Crippen LogP contribution in [0.15, 0.2) is 109 Å². The van der Waals surface area contributed by atoms with Crippen LogP contribution in [-0.2, 0) is 0 Å². The number of ether oxygens (including phenoxy) is 1. The van der Waals surface area contributed by atoms with Crippen molar-refractivity contribution in [3.8, 4) is 39.1 Å². The van der Waals surface area contributed by atoms with E-state index in [1.165, 1.54) is 36.0 Å². The molecule has 0 radical (unpaired) electrons. The van der Waals surface area contributed by atoms with E-state index in [0.29, 0.717) is 12.6 Å². The lowest BCUT2D eigenvalue weighted by Crippen LogP contribution is -2.35. The molecule has 0 bridgehead atoms. The van der Waals surface area contributed by atoms with Crippen molar-refractivity contribution in [1.82, 2.24) is 10.3 Å². The van der Waals surface area contributed by atoms with E-state index in [0.717, 1.165) is 46.3 Å². The summed E-state index contributed by atoms with van der Waals surface area (Å²) in [7, 11) is 0. The van der Waals surface area contributed by atoms with Crippen LogP contribution in [-0.4, -0.2) is 24.2 Å². The number of aromatic nitrogens is 1. The molecule has 4 aromatic carbocycles. The average Bonchev–Trinajstić information content (AvgIpc) is 2.98. The van der Waals surface area contributed by atoms with Crippen molar-refractivity contribution in [2.24, 2.45) is 0 Å². The lowest BCUT2D eigenvalue weighted by atomic mass is 9.97. The maximum Gasteiger partial charge on any atom is 0.138 e. The summed E-state index contributed by atoms with van der Waals surface area (Å²) in [5.41, 5.74) is 7.92. The van der Waals surface area contributed by atoms with Crippen molar-refractivity contribution >= 4 is 10.9 Å². The van der Waals surface area contributed by atoms with Gasteiger partial charge < -0.3 is 10.1 Å². The van der Waals surface area contributed by atoms with Gasteiger partial charge in [-0.25, -0.2) is 0 Å². The number of benzene rings is 4. The summed E-state index contributed by atoms with van der Waals surface area (Å²) in [6.07, 6.45) is 6.78. The van der Waals surface area contributed by atoms with Crippen molar-refractivity contribution < 1.29 is 4.74 Å². The molecule has 1 N–H and O–H groups in total. The molecule has 1 unspecified atom stereocenters. The molecule has 5 aromatic rings. The third kappa shape index (κ3) is 5.28. The molecular weight excluding hydrogens is 452 g/mol. The van der Waals surface area contributed by atoms with Crippen LogP contribution in [0.2, 0.25) is 0 Å². The van der Waals surface area contributed by atoms with Crippen molar-refractivity contribution in [3.63, 3.8) is 0 Å². The number of rotatable bonds is 7. The number of nitrogens with zero attached hydrogens (tertiary/aromatic N) is 1. The van der Waals surface area contributed by atoms with Crippen molar-refractivity contribution in [2.45, 2.75) is 31.7 Å². The third-order valence-electron chi connectivity index (χ3n) is 7.35. The van der Waals surface area contributed by atoms with Crippen LogP contribution < -0.4 is 10.1 Å². The maximum atomic E-state index is 6.60. The number of pyridine rings is 1. The lowest BCUT2D eigenvalue weighted by Gasteiger charge is -2.24. The minimum Gasteiger partial charge on any atom is -0.492 e. The van der Waals surface area contributed by atoms with Crippen LogP contribution in [0.25, 0.3) is 44.3 Å². The number of hydrogen-bond acceptors (Lipinski definition) is 3. The molecule has 1 fully saturated rings. The molecule has 3 nitrogen and oxygen atoms in total. The molecule has 184 valence electrons. The summed E-state index contributed by atoms with van der Waals surface area (Å²) < 4.78 is 6.60. The average molecular weight is 485 g/mol. The third-order valence-corrected chi connectivity index (χ3v) is 7.35. The molecule has 6 rings (SSSR count). The van der Waals surface area contributed by atoms with E-state index in [9.17, 15) is 0 Å². The first kappa shape index (κ1) is 23.4. The van der Waals surface area contributed by atoms with Crippen LogP contribution in [0.3, 0.4) is 0 Å². The van der Waals surface area contributed by atoms with Gasteiger partial charge in [0.25, 0.3) is 0 Å². The topological polar surface area (TPSA) is 34.1 Å². The van der Waals surface area contributed by atoms with Crippen molar-refractivity contribution in [1.29, 1.82) is 0 Å². The molecule has 0 amide bonds. The number of piperidine rings is 1. The summed E-state index contributed by atoms with van der Waals surface area (Å²) in [6, 6.07) is 36.8. The van der Waals surface area contributed by atoms with E-state index in [4.69, 9.17) is 9.72 Å². The zero-order chi connectivity index (χ0) is 24.9. The largest absolute Gasteiger partial charge is 0.492 e. The first-order chi connectivity index (χ1) is 18.3. The molecule has 3 heteroatoms. The number of nitrogens with one attached hydrogen (secondary N) is 1. The highest BCUT2D eigenvalue weighted by atomic mass is 16.5. The Bertz CT molecular complexity index is 1460. The van der Waals surface area contributed by atoms with Gasteiger partial charge in [-0.1, -0.05) is 97.4 Å². The summed E-state index contributed by atoms with van der Waals surface area (Å²) in [5, 5.41) is 4.70. The van der Waals surface area contributed by atoms with Gasteiger partial charge in [-0.05, 0) is 65.8 Å². The molecular formula is C34H32N2O. The fourth-order valence-corrected chi connectivity index (χ4v) is 5.29. The van der Waals surface area contributed by atoms with Crippen LogP contribution in [0.5, 0.6) is 5.75 Å². The highest BCUT2D eigenvalue weighted by Crippen LogP contribution is 2.38. The molecule has 1 aliphatic heterocycles. The highest BCUT2D eigenvalue weighted by Gasteiger charge is 2.16. The monoisotopic (exact) mass is 484 g/mol. The Morgan fingerprint density at radius 3 is 2.05 bits per heavy atom. The predicted octanol–water partition coefficient (Wildman–Crippen LogP) is 8.15. The molecule has 1 saturated heterocycles. The SMILES string of the molecule is c1ccc(-c2ccc(-c3ccc4ncc(-c5ccccc5)c(OCCC5CCCCN5)c4c3)cc2)cc1. The van der Waals surface area contributed by atoms with Crippen LogP contribution in [0, 0.1) is 0 Å². The van der Waals surface area contributed by atoms with E-state index in [1.54, 1.807) is 0 Å². The normalized spacial score (nSPS) is 15.5. The Balaban J connectivity index is 1.35. The van der Waals surface area contributed by atoms with Crippen LogP contribution >= 0.6 is 0 Å². The fraction of sp³-hybridized carbons (Fsp3) is 0.206. The van der Waals surface area contributed by atoms with Gasteiger partial charge in [0, 0.05) is 23.2 Å². The van der Waals surface area contributed by atoms with Crippen LogP contribution in [0.1, 0.15) is 25.7 Å². The highest BCUT2D eigenvalue weighted by molar-refractivity contribution is 5.95. The minimum absolute atomic E-state index is 0.542. The summed E-state index contributed by atoms with van der Waals surface area (Å²) in [5.74, 6) is 0.926. The Labute approximate surface area is 219 Å². The summed E-state index contributed by atoms with van der Waals surface area (Å²) in [4.78, 5) is 4.81. The first-order valence-electron chi connectivity index (χ1n) is 13.4.